The number of ether oxygens (including phenoxy) is 3. The zero-order chi connectivity index (χ0) is 29.8. The Morgan fingerprint density at radius 3 is 2.26 bits per heavy atom. The van der Waals surface area contributed by atoms with Crippen LogP contribution in [0.2, 0.25) is 0 Å². The number of hydrogen-bond acceptors (Lipinski definition) is 9. The highest BCUT2D eigenvalue weighted by Crippen LogP contribution is 2.46. The molecule has 11 heteroatoms. The Bertz CT molecular complexity index is 1750. The number of para-hydroxylation sites is 1. The zero-order valence-electron chi connectivity index (χ0n) is 22.9. The molecular weight excluding hydrogens is 540 g/mol. The van der Waals surface area contributed by atoms with Gasteiger partial charge >= 0.3 is 5.69 Å². The fraction of sp³-hybridized carbons (Fsp3) is 0.129. The molecule has 212 valence electrons. The van der Waals surface area contributed by atoms with Crippen molar-refractivity contribution < 1.29 is 24.1 Å². The molecule has 0 spiro atoms. The first kappa shape index (κ1) is 27.8. The van der Waals surface area contributed by atoms with Crippen molar-refractivity contribution in [3.63, 3.8) is 0 Å². The van der Waals surface area contributed by atoms with Crippen LogP contribution in [0, 0.1) is 27.2 Å². The molecule has 42 heavy (non-hydrogen) atoms. The van der Waals surface area contributed by atoms with E-state index in [0.29, 0.717) is 34.1 Å². The second-order valence-corrected chi connectivity index (χ2v) is 9.37. The predicted molar refractivity (Wildman–Crippen MR) is 158 cm³/mol. The van der Waals surface area contributed by atoms with E-state index in [9.17, 15) is 20.2 Å². The molecule has 0 saturated heterocycles. The first-order valence-electron chi connectivity index (χ1n) is 12.8. The van der Waals surface area contributed by atoms with Crippen LogP contribution in [0.5, 0.6) is 17.2 Å². The van der Waals surface area contributed by atoms with E-state index in [1.54, 1.807) is 32.6 Å². The molecule has 5 rings (SSSR count). The molecule has 0 amide bonds. The number of non-ortho nitro benzene ring substituents is 1. The van der Waals surface area contributed by atoms with Crippen LogP contribution in [0.15, 0.2) is 95.6 Å². The lowest BCUT2D eigenvalue weighted by Gasteiger charge is -2.30. The summed E-state index contributed by atoms with van der Waals surface area (Å²) in [6.07, 6.45) is 1.56. The minimum Gasteiger partial charge on any atom is -0.493 e. The first-order chi connectivity index (χ1) is 20.3. The SMILES string of the molecule is COc1ccc(C2=C(/C=N\Nc3ccc([N+](=O)[O-])cc3[N+](=O)[O-])[C@H](c3ccccc3C)c3ccccc3O2)cc1OC. The highest BCUT2D eigenvalue weighted by molar-refractivity contribution is 5.95. The van der Waals surface area contributed by atoms with E-state index < -0.39 is 21.2 Å². The van der Waals surface area contributed by atoms with Crippen LogP contribution in [0.3, 0.4) is 0 Å². The molecule has 0 saturated carbocycles. The summed E-state index contributed by atoms with van der Waals surface area (Å²) in [5.74, 6) is 1.93. The molecule has 0 unspecified atom stereocenters. The highest BCUT2D eigenvalue weighted by atomic mass is 16.6. The van der Waals surface area contributed by atoms with Gasteiger partial charge in [-0.3, -0.25) is 25.7 Å². The number of anilines is 1. The maximum Gasteiger partial charge on any atom is 0.301 e. The summed E-state index contributed by atoms with van der Waals surface area (Å²) in [4.78, 5) is 21.4. The number of aryl methyl sites for hydroxylation is 1. The summed E-state index contributed by atoms with van der Waals surface area (Å²) in [6.45, 7) is 2.02. The van der Waals surface area contributed by atoms with Gasteiger partial charge in [0.25, 0.3) is 5.69 Å². The van der Waals surface area contributed by atoms with Crippen molar-refractivity contribution in [2.75, 3.05) is 19.6 Å². The Balaban J connectivity index is 1.68. The fourth-order valence-electron chi connectivity index (χ4n) is 4.91. The van der Waals surface area contributed by atoms with Gasteiger partial charge in [0.1, 0.15) is 17.2 Å². The Labute approximate surface area is 241 Å². The second kappa shape index (κ2) is 11.8. The predicted octanol–water partition coefficient (Wildman–Crippen LogP) is 6.86. The molecule has 0 aliphatic carbocycles. The Hall–Kier alpha value is -5.71. The average molecular weight is 567 g/mol. The van der Waals surface area contributed by atoms with Crippen LogP contribution in [-0.2, 0) is 0 Å². The molecule has 0 fully saturated rings. The highest BCUT2D eigenvalue weighted by Gasteiger charge is 2.32. The molecule has 1 heterocycles. The van der Waals surface area contributed by atoms with E-state index in [1.807, 2.05) is 61.5 Å². The molecule has 4 aromatic rings. The molecule has 1 aliphatic rings. The largest absolute Gasteiger partial charge is 0.493 e. The number of rotatable bonds is 9. The lowest BCUT2D eigenvalue weighted by atomic mass is 9.80. The van der Waals surface area contributed by atoms with Gasteiger partial charge in [0.05, 0.1) is 36.3 Å². The number of fused-ring (bicyclic) bond motifs is 1. The van der Waals surface area contributed by atoms with Crippen LogP contribution in [0.1, 0.15) is 28.2 Å². The molecule has 11 nitrogen and oxygen atoms in total. The van der Waals surface area contributed by atoms with Crippen LogP contribution in [0.4, 0.5) is 17.1 Å². The van der Waals surface area contributed by atoms with E-state index in [1.165, 1.54) is 12.1 Å². The van der Waals surface area contributed by atoms with Crippen LogP contribution < -0.4 is 19.6 Å². The number of nitro groups is 2. The maximum absolute atomic E-state index is 11.7. The summed E-state index contributed by atoms with van der Waals surface area (Å²) in [6, 6.07) is 24.5. The quantitative estimate of drug-likeness (QED) is 0.132. The molecule has 1 atom stereocenters. The third-order valence-corrected chi connectivity index (χ3v) is 6.94. The Morgan fingerprint density at radius 1 is 0.857 bits per heavy atom. The number of nitro benzene ring substituents is 2. The molecule has 0 aromatic heterocycles. The van der Waals surface area contributed by atoms with Gasteiger partial charge < -0.3 is 14.2 Å². The minimum atomic E-state index is -0.699. The van der Waals surface area contributed by atoms with Gasteiger partial charge in [-0.1, -0.05) is 42.5 Å². The van der Waals surface area contributed by atoms with E-state index in [4.69, 9.17) is 14.2 Å². The summed E-state index contributed by atoms with van der Waals surface area (Å²) < 4.78 is 17.4. The number of nitrogens with zero attached hydrogens (tertiary/aromatic N) is 3. The van der Waals surface area contributed by atoms with E-state index in [2.05, 4.69) is 10.5 Å². The van der Waals surface area contributed by atoms with Gasteiger partial charge in [0, 0.05) is 28.7 Å². The van der Waals surface area contributed by atoms with Gasteiger partial charge in [-0.2, -0.15) is 5.10 Å². The molecule has 1 N–H and O–H groups in total. The number of hydrazone groups is 1. The van der Waals surface area contributed by atoms with E-state index >= 15 is 0 Å². The van der Waals surface area contributed by atoms with Crippen LogP contribution >= 0.6 is 0 Å². The zero-order valence-corrected chi connectivity index (χ0v) is 22.9. The molecule has 0 bridgehead atoms. The number of methoxy groups -OCH3 is 2. The maximum atomic E-state index is 11.7. The van der Waals surface area contributed by atoms with Gasteiger partial charge in [0.2, 0.25) is 0 Å². The lowest BCUT2D eigenvalue weighted by Crippen LogP contribution is -2.18. The number of nitrogens with one attached hydrogen (secondary N) is 1. The number of hydrogen-bond donors (Lipinski definition) is 1. The summed E-state index contributed by atoms with van der Waals surface area (Å²) in [5, 5.41) is 27.2. The third-order valence-electron chi connectivity index (χ3n) is 6.94. The monoisotopic (exact) mass is 566 g/mol. The number of benzene rings is 4. The third kappa shape index (κ3) is 5.35. The van der Waals surface area contributed by atoms with Crippen molar-refractivity contribution >= 4 is 29.0 Å². The average Bonchev–Trinajstić information content (AvgIpc) is 3.00. The van der Waals surface area contributed by atoms with Crippen LogP contribution in [-0.4, -0.2) is 30.3 Å². The summed E-state index contributed by atoms with van der Waals surface area (Å²) >= 11 is 0. The fourth-order valence-corrected chi connectivity index (χ4v) is 4.91. The normalized spacial score (nSPS) is 14.2. The molecule has 1 aliphatic heterocycles. The van der Waals surface area contributed by atoms with Crippen molar-refractivity contribution in [1.29, 1.82) is 0 Å². The van der Waals surface area contributed by atoms with Crippen LogP contribution in [0.25, 0.3) is 5.76 Å². The lowest BCUT2D eigenvalue weighted by molar-refractivity contribution is -0.393. The number of allylic oxidation sites excluding steroid dienone is 1. The van der Waals surface area contributed by atoms with E-state index in [-0.39, 0.29) is 11.6 Å². The first-order valence-corrected chi connectivity index (χ1v) is 12.8. The van der Waals surface area contributed by atoms with Crippen molar-refractivity contribution in [1.82, 2.24) is 0 Å². The topological polar surface area (TPSA) is 138 Å². The molecule has 0 radical (unpaired) electrons. The van der Waals surface area contributed by atoms with Crippen molar-refractivity contribution in [3.05, 3.63) is 133 Å². The Morgan fingerprint density at radius 2 is 1.57 bits per heavy atom. The van der Waals surface area contributed by atoms with Gasteiger partial charge in [0.15, 0.2) is 11.5 Å². The minimum absolute atomic E-state index is 0.000290. The van der Waals surface area contributed by atoms with E-state index in [0.717, 1.165) is 22.8 Å². The Kier molecular flexibility index (Phi) is 7.82. The van der Waals surface area contributed by atoms with Crippen molar-refractivity contribution in [2.45, 2.75) is 12.8 Å². The standard InChI is InChI=1S/C31H26N4O7/c1-19-8-4-5-9-22(19)30-23-10-6-7-11-27(23)42-31(20-12-15-28(40-2)29(16-20)41-3)24(30)18-32-33-25-14-13-21(34(36)37)17-26(25)35(38)39/h4-18,30,33H,1-3H3/b32-18-/t30-/m1/s1. The van der Waals surface area contributed by atoms with Crippen molar-refractivity contribution in [3.8, 4) is 17.2 Å². The molecular formula is C31H26N4O7. The second-order valence-electron chi connectivity index (χ2n) is 9.37. The smallest absolute Gasteiger partial charge is 0.301 e. The van der Waals surface area contributed by atoms with Gasteiger partial charge in [-0.15, -0.1) is 0 Å². The summed E-state index contributed by atoms with van der Waals surface area (Å²) in [7, 11) is 3.10. The molecule has 4 aromatic carbocycles. The summed E-state index contributed by atoms with van der Waals surface area (Å²) in [5.41, 5.74) is 6.19. The van der Waals surface area contributed by atoms with Gasteiger partial charge in [-0.25, -0.2) is 0 Å². The van der Waals surface area contributed by atoms with Gasteiger partial charge in [-0.05, 0) is 48.4 Å². The van der Waals surface area contributed by atoms with Crippen molar-refractivity contribution in [2.24, 2.45) is 5.10 Å².